The van der Waals surface area contributed by atoms with E-state index in [1.54, 1.807) is 17.0 Å². The van der Waals surface area contributed by atoms with Crippen LogP contribution in [0.15, 0.2) is 85.5 Å². The van der Waals surface area contributed by atoms with Gasteiger partial charge < -0.3 is 14.2 Å². The van der Waals surface area contributed by atoms with Crippen molar-refractivity contribution in [2.24, 2.45) is 11.3 Å². The standard InChI is InChI=1S/C25H21NO4.C10H18O.C3H8.2C2H6/c27-23(18-6-7-18)15-29-21-11-9-20(10-12-21)26-16-30-24-14-19(8-13-22(24)25(26)28)17-4-2-1-3-5-17;1-3-8-11-9-10(4-2)6-5-7-10;1-3-2;2*1-2/h1-5,8-14,18H,6-7,15-16H2;3H,1,4-9H2,2H3;3H2,1-2H3;2*1-2H3. The summed E-state index contributed by atoms with van der Waals surface area (Å²) in [7, 11) is 0. The Balaban J connectivity index is 0.000000371. The number of hydrogen-bond acceptors (Lipinski definition) is 5. The predicted molar refractivity (Wildman–Crippen MR) is 200 cm³/mol. The zero-order valence-corrected chi connectivity index (χ0v) is 30.6. The molecule has 0 radical (unpaired) electrons. The molecule has 6 rings (SSSR count). The van der Waals surface area contributed by atoms with Crippen molar-refractivity contribution in [3.63, 3.8) is 0 Å². The number of amides is 1. The molecule has 0 unspecified atom stereocenters. The van der Waals surface area contributed by atoms with Gasteiger partial charge >= 0.3 is 0 Å². The number of ether oxygens (including phenoxy) is 3. The van der Waals surface area contributed by atoms with E-state index < -0.39 is 0 Å². The van der Waals surface area contributed by atoms with E-state index in [-0.39, 0.29) is 30.9 Å². The smallest absolute Gasteiger partial charge is 0.264 e. The van der Waals surface area contributed by atoms with Gasteiger partial charge in [0.1, 0.15) is 18.1 Å². The van der Waals surface area contributed by atoms with Gasteiger partial charge in [-0.05, 0) is 85.0 Å². The second kappa shape index (κ2) is 21.9. The largest absolute Gasteiger partial charge is 0.486 e. The van der Waals surface area contributed by atoms with Crippen LogP contribution < -0.4 is 14.4 Å². The van der Waals surface area contributed by atoms with Crippen LogP contribution in [0.2, 0.25) is 0 Å². The highest BCUT2D eigenvalue weighted by Gasteiger charge is 2.35. The number of benzene rings is 3. The first kappa shape index (κ1) is 40.3. The van der Waals surface area contributed by atoms with Crippen LogP contribution in [0.4, 0.5) is 5.69 Å². The van der Waals surface area contributed by atoms with Crippen LogP contribution in [0.5, 0.6) is 11.5 Å². The zero-order valence-electron chi connectivity index (χ0n) is 30.6. The number of ketones is 1. The first-order chi connectivity index (χ1) is 23.4. The third-order valence-corrected chi connectivity index (χ3v) is 8.28. The molecule has 3 aromatic carbocycles. The quantitative estimate of drug-likeness (QED) is 0.152. The van der Waals surface area contributed by atoms with E-state index >= 15 is 0 Å². The maximum Gasteiger partial charge on any atom is 0.264 e. The molecule has 48 heavy (non-hydrogen) atoms. The van der Waals surface area contributed by atoms with E-state index in [0.717, 1.165) is 36.3 Å². The number of anilines is 1. The average molecular weight is 658 g/mol. The van der Waals surface area contributed by atoms with E-state index in [9.17, 15) is 9.59 Å². The third kappa shape index (κ3) is 12.0. The number of nitrogens with zero attached hydrogens (tertiary/aromatic N) is 1. The maximum absolute atomic E-state index is 13.0. The highest BCUT2D eigenvalue weighted by atomic mass is 16.5. The van der Waals surface area contributed by atoms with Crippen LogP contribution in [0.25, 0.3) is 11.1 Å². The normalized spacial score (nSPS) is 15.0. The van der Waals surface area contributed by atoms with Crippen LogP contribution in [0.1, 0.15) is 104 Å². The zero-order chi connectivity index (χ0) is 35.4. The summed E-state index contributed by atoms with van der Waals surface area (Å²) in [5.74, 6) is 1.45. The summed E-state index contributed by atoms with van der Waals surface area (Å²) in [5, 5.41) is 0. The molecule has 0 saturated heterocycles. The summed E-state index contributed by atoms with van der Waals surface area (Å²) < 4.78 is 16.9. The van der Waals surface area contributed by atoms with Gasteiger partial charge in [-0.3, -0.25) is 14.5 Å². The van der Waals surface area contributed by atoms with Crippen molar-refractivity contribution < 1.29 is 23.8 Å². The first-order valence-electron chi connectivity index (χ1n) is 18.0. The molecule has 6 nitrogen and oxygen atoms in total. The van der Waals surface area contributed by atoms with Crippen LogP contribution in [-0.2, 0) is 9.53 Å². The number of carbonyl (C=O) groups is 2. The summed E-state index contributed by atoms with van der Waals surface area (Å²) in [5.41, 5.74) is 3.89. The molecular weight excluding hydrogens is 598 g/mol. The molecule has 3 aromatic rings. The highest BCUT2D eigenvalue weighted by Crippen LogP contribution is 2.43. The Morgan fingerprint density at radius 1 is 0.938 bits per heavy atom. The molecule has 1 amide bonds. The van der Waals surface area contributed by atoms with Crippen molar-refractivity contribution in [2.75, 3.05) is 31.5 Å². The van der Waals surface area contributed by atoms with Crippen molar-refractivity contribution >= 4 is 17.4 Å². The second-order valence-corrected chi connectivity index (χ2v) is 11.8. The van der Waals surface area contributed by atoms with Crippen LogP contribution in [0, 0.1) is 11.3 Å². The summed E-state index contributed by atoms with van der Waals surface area (Å²) in [4.78, 5) is 26.4. The lowest BCUT2D eigenvalue weighted by Gasteiger charge is -2.40. The highest BCUT2D eigenvalue weighted by molar-refractivity contribution is 6.09. The fraction of sp³-hybridized carbons (Fsp3) is 0.476. The van der Waals surface area contributed by atoms with Gasteiger partial charge in [0.05, 0.1) is 18.8 Å². The molecule has 2 fully saturated rings. The number of fused-ring (bicyclic) bond motifs is 1. The van der Waals surface area contributed by atoms with Crippen molar-refractivity contribution in [1.29, 1.82) is 0 Å². The number of carbonyl (C=O) groups excluding carboxylic acids is 2. The van der Waals surface area contributed by atoms with Crippen molar-refractivity contribution in [3.8, 4) is 22.6 Å². The van der Waals surface area contributed by atoms with Crippen LogP contribution in [-0.4, -0.2) is 38.2 Å². The lowest BCUT2D eigenvalue weighted by Crippen LogP contribution is -2.38. The molecule has 0 bridgehead atoms. The molecule has 0 spiro atoms. The Labute approximate surface area is 290 Å². The Morgan fingerprint density at radius 3 is 2.12 bits per heavy atom. The monoisotopic (exact) mass is 657 g/mol. The lowest BCUT2D eigenvalue weighted by atomic mass is 9.68. The molecule has 2 saturated carbocycles. The molecular formula is C42H59NO5. The summed E-state index contributed by atoms with van der Waals surface area (Å²) in [6.45, 7) is 20.0. The fourth-order valence-corrected chi connectivity index (χ4v) is 5.19. The molecule has 3 aliphatic rings. The Kier molecular flexibility index (Phi) is 18.4. The first-order valence-corrected chi connectivity index (χ1v) is 18.0. The molecule has 1 heterocycles. The Morgan fingerprint density at radius 2 is 1.58 bits per heavy atom. The van der Waals surface area contributed by atoms with Gasteiger partial charge in [-0.2, -0.15) is 0 Å². The van der Waals surface area contributed by atoms with E-state index in [1.807, 2.05) is 94.4 Å². The number of rotatable bonds is 11. The summed E-state index contributed by atoms with van der Waals surface area (Å²) in [6.07, 6.45) is 10.4. The van der Waals surface area contributed by atoms with Gasteiger partial charge in [-0.15, -0.1) is 6.58 Å². The SMILES string of the molecule is C=CCOCC1(CC)CCC1.CC.CC.CCC.O=C(COc1ccc(N2COc3cc(-c4ccccc4)ccc3C2=O)cc1)C1CC1. The predicted octanol–water partition coefficient (Wildman–Crippen LogP) is 10.9. The molecule has 0 aromatic heterocycles. The van der Waals surface area contributed by atoms with Crippen molar-refractivity contribution in [3.05, 3.63) is 91.0 Å². The minimum Gasteiger partial charge on any atom is -0.486 e. The molecule has 6 heteroatoms. The van der Waals surface area contributed by atoms with Crippen molar-refractivity contribution in [1.82, 2.24) is 0 Å². The molecule has 262 valence electrons. The molecule has 0 atom stereocenters. The number of Topliss-reactive ketones (excluding diaryl/α,β-unsaturated/α-hetero) is 1. The Hall–Kier alpha value is -3.90. The minimum atomic E-state index is -0.103. The van der Waals surface area contributed by atoms with Gasteiger partial charge in [-0.1, -0.05) is 104 Å². The second-order valence-electron chi connectivity index (χ2n) is 11.8. The van der Waals surface area contributed by atoms with Crippen LogP contribution in [0.3, 0.4) is 0 Å². The summed E-state index contributed by atoms with van der Waals surface area (Å²) in [6, 6.07) is 22.8. The van der Waals surface area contributed by atoms with Gasteiger partial charge in [0.25, 0.3) is 5.91 Å². The maximum atomic E-state index is 13.0. The van der Waals surface area contributed by atoms with E-state index in [4.69, 9.17) is 14.2 Å². The third-order valence-electron chi connectivity index (χ3n) is 8.28. The topological polar surface area (TPSA) is 65.1 Å². The lowest BCUT2D eigenvalue weighted by molar-refractivity contribution is -0.122. The van der Waals surface area contributed by atoms with Gasteiger partial charge in [0.15, 0.2) is 12.5 Å². The van der Waals surface area contributed by atoms with Crippen LogP contribution >= 0.6 is 0 Å². The molecule has 1 aliphatic heterocycles. The molecule has 0 N–H and O–H groups in total. The van der Waals surface area contributed by atoms with E-state index in [2.05, 4.69) is 27.4 Å². The van der Waals surface area contributed by atoms with Gasteiger partial charge in [-0.25, -0.2) is 0 Å². The fourth-order valence-electron chi connectivity index (χ4n) is 5.19. The van der Waals surface area contributed by atoms with Gasteiger partial charge in [0, 0.05) is 11.6 Å². The average Bonchev–Trinajstić information content (AvgIpc) is 3.98. The minimum absolute atomic E-state index is 0.103. The van der Waals surface area contributed by atoms with E-state index in [1.165, 1.54) is 32.1 Å². The van der Waals surface area contributed by atoms with Crippen molar-refractivity contribution in [2.45, 2.75) is 93.4 Å². The summed E-state index contributed by atoms with van der Waals surface area (Å²) >= 11 is 0. The van der Waals surface area contributed by atoms with E-state index in [0.29, 0.717) is 29.1 Å². The Bertz CT molecular complexity index is 1360. The number of hydrogen-bond donors (Lipinski definition) is 0. The molecule has 2 aliphatic carbocycles. The van der Waals surface area contributed by atoms with Gasteiger partial charge in [0.2, 0.25) is 0 Å².